The lowest BCUT2D eigenvalue weighted by Gasteiger charge is -2.23. The number of hydrogen-bond donors (Lipinski definition) is 2. The maximum atomic E-state index is 12.1. The molecule has 2 N–H and O–H groups in total. The number of furan rings is 1. The van der Waals surface area contributed by atoms with Crippen LogP contribution in [0.5, 0.6) is 0 Å². The Kier molecular flexibility index (Phi) is 4.09. The van der Waals surface area contributed by atoms with Crippen LogP contribution in [0.2, 0.25) is 0 Å². The van der Waals surface area contributed by atoms with Crippen molar-refractivity contribution >= 4 is 12.0 Å². The predicted octanol–water partition coefficient (Wildman–Crippen LogP) is 1.82. The summed E-state index contributed by atoms with van der Waals surface area (Å²) >= 11 is 0. The van der Waals surface area contributed by atoms with Gasteiger partial charge in [0.15, 0.2) is 0 Å². The largest absolute Gasteiger partial charge is 0.480 e. The Balaban J connectivity index is 1.98. The van der Waals surface area contributed by atoms with Crippen LogP contribution in [0.15, 0.2) is 22.8 Å². The highest BCUT2D eigenvalue weighted by Gasteiger charge is 2.34. The molecule has 1 unspecified atom stereocenters. The summed E-state index contributed by atoms with van der Waals surface area (Å²) in [4.78, 5) is 24.7. The summed E-state index contributed by atoms with van der Waals surface area (Å²) in [7, 11) is 0. The maximum Gasteiger partial charge on any atom is 0.326 e. The molecule has 6 nitrogen and oxygen atoms in total. The van der Waals surface area contributed by atoms with Crippen molar-refractivity contribution < 1.29 is 19.1 Å². The van der Waals surface area contributed by atoms with Gasteiger partial charge in [-0.2, -0.15) is 0 Å². The lowest BCUT2D eigenvalue weighted by atomic mass is 10.2. The highest BCUT2D eigenvalue weighted by atomic mass is 16.4. The number of rotatable bonds is 6. The van der Waals surface area contributed by atoms with Crippen LogP contribution < -0.4 is 5.32 Å². The minimum Gasteiger partial charge on any atom is -0.480 e. The summed E-state index contributed by atoms with van der Waals surface area (Å²) in [5.74, 6) is -0.310. The molecule has 1 aliphatic rings. The van der Waals surface area contributed by atoms with Gasteiger partial charge >= 0.3 is 12.0 Å². The second-order valence-corrected chi connectivity index (χ2v) is 4.69. The second kappa shape index (κ2) is 5.77. The van der Waals surface area contributed by atoms with E-state index in [1.807, 2.05) is 0 Å². The summed E-state index contributed by atoms with van der Waals surface area (Å²) in [6.07, 6.45) is 3.83. The normalized spacial score (nSPS) is 15.8. The van der Waals surface area contributed by atoms with E-state index >= 15 is 0 Å². The number of carboxylic acids is 1. The minimum absolute atomic E-state index is 0.191. The number of amides is 2. The van der Waals surface area contributed by atoms with Gasteiger partial charge in [0.1, 0.15) is 11.8 Å². The van der Waals surface area contributed by atoms with Crippen molar-refractivity contribution in [1.29, 1.82) is 0 Å². The number of aliphatic carboxylic acids is 1. The number of carboxylic acid groups (broad SMARTS) is 1. The lowest BCUT2D eigenvalue weighted by Crippen LogP contribution is -2.48. The zero-order chi connectivity index (χ0) is 13.8. The van der Waals surface area contributed by atoms with E-state index in [-0.39, 0.29) is 12.1 Å². The molecule has 0 aliphatic heterocycles. The molecule has 1 saturated carbocycles. The number of carbonyl (C=O) groups is 2. The first-order chi connectivity index (χ1) is 9.11. The zero-order valence-electron chi connectivity index (χ0n) is 10.8. The summed E-state index contributed by atoms with van der Waals surface area (Å²) in [6, 6.07) is 2.58. The molecule has 104 valence electrons. The average Bonchev–Trinajstić information content (AvgIpc) is 3.09. The van der Waals surface area contributed by atoms with E-state index < -0.39 is 12.0 Å². The number of hydrogen-bond acceptors (Lipinski definition) is 3. The molecule has 2 rings (SSSR count). The highest BCUT2D eigenvalue weighted by Crippen LogP contribution is 2.28. The molecule has 1 atom stereocenters. The van der Waals surface area contributed by atoms with Crippen LogP contribution in [-0.4, -0.2) is 34.1 Å². The maximum absolute atomic E-state index is 12.1. The second-order valence-electron chi connectivity index (χ2n) is 4.69. The monoisotopic (exact) mass is 266 g/mol. The minimum atomic E-state index is -1.01. The van der Waals surface area contributed by atoms with Crippen molar-refractivity contribution in [2.75, 3.05) is 0 Å². The molecule has 1 aliphatic carbocycles. The van der Waals surface area contributed by atoms with Crippen molar-refractivity contribution in [2.45, 2.75) is 44.8 Å². The van der Waals surface area contributed by atoms with Gasteiger partial charge in [-0.3, -0.25) is 0 Å². The van der Waals surface area contributed by atoms with Crippen molar-refractivity contribution in [3.63, 3.8) is 0 Å². The van der Waals surface area contributed by atoms with Crippen LogP contribution in [0, 0.1) is 0 Å². The Bertz CT molecular complexity index is 440. The first-order valence-electron chi connectivity index (χ1n) is 6.44. The molecular formula is C13H18N2O4. The van der Waals surface area contributed by atoms with Crippen LogP contribution in [0.4, 0.5) is 4.79 Å². The van der Waals surface area contributed by atoms with Gasteiger partial charge in [0.2, 0.25) is 0 Å². The van der Waals surface area contributed by atoms with Crippen molar-refractivity contribution in [3.05, 3.63) is 24.2 Å². The van der Waals surface area contributed by atoms with Crippen LogP contribution in [0.1, 0.15) is 31.9 Å². The van der Waals surface area contributed by atoms with Gasteiger partial charge in [0.05, 0.1) is 12.8 Å². The fourth-order valence-electron chi connectivity index (χ4n) is 1.89. The third kappa shape index (κ3) is 3.49. The van der Waals surface area contributed by atoms with Gasteiger partial charge in [-0.25, -0.2) is 9.59 Å². The number of nitrogens with one attached hydrogen (secondary N) is 1. The van der Waals surface area contributed by atoms with E-state index in [2.05, 4.69) is 5.32 Å². The molecule has 2 amide bonds. The van der Waals surface area contributed by atoms with Crippen LogP contribution in [0.3, 0.4) is 0 Å². The number of urea groups is 1. The molecule has 19 heavy (non-hydrogen) atoms. The van der Waals surface area contributed by atoms with E-state index in [1.54, 1.807) is 30.2 Å². The van der Waals surface area contributed by atoms with Gasteiger partial charge in [0, 0.05) is 6.04 Å². The Labute approximate surface area is 111 Å². The van der Waals surface area contributed by atoms with Crippen molar-refractivity contribution in [2.24, 2.45) is 0 Å². The fourth-order valence-corrected chi connectivity index (χ4v) is 1.89. The van der Waals surface area contributed by atoms with E-state index in [0.717, 1.165) is 12.8 Å². The van der Waals surface area contributed by atoms with Crippen LogP contribution in [0.25, 0.3) is 0 Å². The smallest absolute Gasteiger partial charge is 0.326 e. The molecule has 1 aromatic rings. The molecular weight excluding hydrogens is 248 g/mol. The molecule has 0 radical (unpaired) electrons. The molecule has 6 heteroatoms. The SMILES string of the molecule is CCC(NC(=O)N(Cc1ccco1)C1CC1)C(=O)O. The zero-order valence-corrected chi connectivity index (χ0v) is 10.8. The van der Waals surface area contributed by atoms with E-state index in [9.17, 15) is 9.59 Å². The Morgan fingerprint density at radius 1 is 1.58 bits per heavy atom. The van der Waals surface area contributed by atoms with Gasteiger partial charge in [-0.05, 0) is 31.4 Å². The Morgan fingerprint density at radius 3 is 2.79 bits per heavy atom. The van der Waals surface area contributed by atoms with Gasteiger partial charge in [0.25, 0.3) is 0 Å². The highest BCUT2D eigenvalue weighted by molar-refractivity contribution is 5.82. The van der Waals surface area contributed by atoms with E-state index in [1.165, 1.54) is 0 Å². The predicted molar refractivity (Wildman–Crippen MR) is 67.5 cm³/mol. The molecule has 1 heterocycles. The average molecular weight is 266 g/mol. The molecule has 0 spiro atoms. The third-order valence-corrected chi connectivity index (χ3v) is 3.16. The van der Waals surface area contributed by atoms with Gasteiger partial charge < -0.3 is 19.7 Å². The molecule has 1 aromatic heterocycles. The summed E-state index contributed by atoms with van der Waals surface area (Å²) in [6.45, 7) is 2.10. The summed E-state index contributed by atoms with van der Waals surface area (Å²) < 4.78 is 5.23. The topological polar surface area (TPSA) is 82.8 Å². The molecule has 1 fully saturated rings. The van der Waals surface area contributed by atoms with Crippen LogP contribution in [-0.2, 0) is 11.3 Å². The molecule has 0 saturated heterocycles. The fraction of sp³-hybridized carbons (Fsp3) is 0.538. The van der Waals surface area contributed by atoms with Gasteiger partial charge in [-0.15, -0.1) is 0 Å². The summed E-state index contributed by atoms with van der Waals surface area (Å²) in [5.41, 5.74) is 0. The van der Waals surface area contributed by atoms with E-state index in [4.69, 9.17) is 9.52 Å². The first kappa shape index (κ1) is 13.5. The quantitative estimate of drug-likeness (QED) is 0.822. The standard InChI is InChI=1S/C13H18N2O4/c1-2-11(12(16)17)14-13(18)15(9-5-6-9)8-10-4-3-7-19-10/h3-4,7,9,11H,2,5-6,8H2,1H3,(H,14,18)(H,16,17). The molecule has 0 aromatic carbocycles. The van der Waals surface area contributed by atoms with Crippen molar-refractivity contribution in [3.8, 4) is 0 Å². The lowest BCUT2D eigenvalue weighted by molar-refractivity contribution is -0.139. The Hall–Kier alpha value is -1.98. The number of nitrogens with zero attached hydrogens (tertiary/aromatic N) is 1. The van der Waals surface area contributed by atoms with Crippen LogP contribution >= 0.6 is 0 Å². The molecule has 0 bridgehead atoms. The van der Waals surface area contributed by atoms with Gasteiger partial charge in [-0.1, -0.05) is 6.92 Å². The Morgan fingerprint density at radius 2 is 2.32 bits per heavy atom. The number of carbonyl (C=O) groups excluding carboxylic acids is 1. The summed E-state index contributed by atoms with van der Waals surface area (Å²) in [5, 5.41) is 11.5. The third-order valence-electron chi connectivity index (χ3n) is 3.16. The van der Waals surface area contributed by atoms with E-state index in [0.29, 0.717) is 18.7 Å². The van der Waals surface area contributed by atoms with Crippen molar-refractivity contribution in [1.82, 2.24) is 10.2 Å². The first-order valence-corrected chi connectivity index (χ1v) is 6.44.